The van der Waals surface area contributed by atoms with E-state index in [0.29, 0.717) is 12.3 Å². The van der Waals surface area contributed by atoms with E-state index >= 15 is 0 Å². The summed E-state index contributed by atoms with van der Waals surface area (Å²) >= 11 is 0. The fourth-order valence-electron chi connectivity index (χ4n) is 3.21. The van der Waals surface area contributed by atoms with Crippen LogP contribution < -0.4 is 5.32 Å². The van der Waals surface area contributed by atoms with E-state index in [1.807, 2.05) is 6.08 Å². The molecule has 0 radical (unpaired) electrons. The van der Waals surface area contributed by atoms with Crippen LogP contribution in [0.15, 0.2) is 12.7 Å². The van der Waals surface area contributed by atoms with Crippen LogP contribution >= 0.6 is 0 Å². The smallest absolute Gasteiger partial charge is 0.306 e. The van der Waals surface area contributed by atoms with Crippen LogP contribution in [0.2, 0.25) is 0 Å². The number of piperidine rings is 1. The molecule has 0 aromatic rings. The summed E-state index contributed by atoms with van der Waals surface area (Å²) in [6.45, 7) is 9.95. The number of ether oxygens (including phenoxy) is 1. The van der Waals surface area contributed by atoms with Gasteiger partial charge in [0.05, 0.1) is 0 Å². The van der Waals surface area contributed by atoms with Crippen LogP contribution in [0.25, 0.3) is 0 Å². The highest BCUT2D eigenvalue weighted by atomic mass is 16.6. The lowest BCUT2D eigenvalue weighted by Gasteiger charge is -2.36. The van der Waals surface area contributed by atoms with Crippen LogP contribution in [-0.2, 0) is 9.53 Å². The Morgan fingerprint density at radius 1 is 1.14 bits per heavy atom. The zero-order valence-electron chi connectivity index (χ0n) is 14.7. The number of esters is 1. The van der Waals surface area contributed by atoms with Crippen molar-refractivity contribution in [2.75, 3.05) is 13.1 Å². The molecule has 1 heterocycles. The van der Waals surface area contributed by atoms with Gasteiger partial charge in [-0.3, -0.25) is 4.79 Å². The fraction of sp³-hybridized carbons (Fsp3) is 0.842. The Bertz CT molecular complexity index is 319. The van der Waals surface area contributed by atoms with Crippen LogP contribution in [-0.4, -0.2) is 24.7 Å². The highest BCUT2D eigenvalue weighted by Crippen LogP contribution is 2.29. The van der Waals surface area contributed by atoms with Crippen molar-refractivity contribution in [3.8, 4) is 0 Å². The summed E-state index contributed by atoms with van der Waals surface area (Å²) in [5, 5.41) is 3.36. The Balaban J connectivity index is 2.08. The van der Waals surface area contributed by atoms with E-state index in [0.717, 1.165) is 45.2 Å². The molecule has 0 atom stereocenters. The van der Waals surface area contributed by atoms with Crippen LogP contribution in [0.4, 0.5) is 0 Å². The minimum atomic E-state index is -0.316. The second-order valence-electron chi connectivity index (χ2n) is 7.05. The number of allylic oxidation sites excluding steroid dienone is 1. The molecule has 0 saturated carbocycles. The molecule has 1 aliphatic rings. The molecule has 128 valence electrons. The lowest BCUT2D eigenvalue weighted by molar-refractivity contribution is -0.162. The number of unbranched alkanes of at least 4 members (excludes halogenated alkanes) is 6. The maximum atomic E-state index is 12.0. The van der Waals surface area contributed by atoms with Crippen molar-refractivity contribution < 1.29 is 9.53 Å². The van der Waals surface area contributed by atoms with Crippen molar-refractivity contribution in [2.24, 2.45) is 5.92 Å². The molecule has 3 heteroatoms. The Labute approximate surface area is 136 Å². The molecule has 1 aliphatic heterocycles. The summed E-state index contributed by atoms with van der Waals surface area (Å²) in [4.78, 5) is 12.0. The molecular weight excluding hydrogens is 274 g/mol. The number of hydrogen-bond donors (Lipinski definition) is 1. The third-order valence-corrected chi connectivity index (χ3v) is 4.74. The first-order valence-electron chi connectivity index (χ1n) is 9.09. The molecule has 0 bridgehead atoms. The Hall–Kier alpha value is -0.830. The van der Waals surface area contributed by atoms with E-state index < -0.39 is 0 Å². The minimum absolute atomic E-state index is 0.0183. The van der Waals surface area contributed by atoms with Crippen molar-refractivity contribution >= 4 is 5.97 Å². The van der Waals surface area contributed by atoms with E-state index in [-0.39, 0.29) is 11.6 Å². The van der Waals surface area contributed by atoms with Crippen LogP contribution in [0.3, 0.4) is 0 Å². The minimum Gasteiger partial charge on any atom is -0.459 e. The third kappa shape index (κ3) is 7.98. The molecule has 0 aliphatic carbocycles. The van der Waals surface area contributed by atoms with Crippen molar-refractivity contribution in [2.45, 2.75) is 83.7 Å². The molecule has 0 aromatic carbocycles. The lowest BCUT2D eigenvalue weighted by Crippen LogP contribution is -2.42. The van der Waals surface area contributed by atoms with Gasteiger partial charge in [-0.05, 0) is 59.0 Å². The normalized spacial score (nSPS) is 16.5. The molecule has 1 rings (SSSR count). The van der Waals surface area contributed by atoms with Gasteiger partial charge in [0, 0.05) is 12.3 Å². The SMILES string of the molecule is C=CCCCCCCCCC(=O)OC(C)(C)C1CCNCC1. The Kier molecular flexibility index (Phi) is 9.45. The van der Waals surface area contributed by atoms with Crippen molar-refractivity contribution in [3.05, 3.63) is 12.7 Å². The number of nitrogens with one attached hydrogen (secondary N) is 1. The Morgan fingerprint density at radius 2 is 1.73 bits per heavy atom. The summed E-state index contributed by atoms with van der Waals surface area (Å²) in [6, 6.07) is 0. The Morgan fingerprint density at radius 3 is 2.36 bits per heavy atom. The van der Waals surface area contributed by atoms with Gasteiger partial charge in [0.25, 0.3) is 0 Å². The predicted octanol–water partition coefficient (Wildman–Crippen LogP) is 4.61. The number of carbonyl (C=O) groups excluding carboxylic acids is 1. The van der Waals surface area contributed by atoms with E-state index in [1.54, 1.807) is 0 Å². The summed E-state index contributed by atoms with van der Waals surface area (Å²) in [7, 11) is 0. The molecule has 0 aromatic heterocycles. The third-order valence-electron chi connectivity index (χ3n) is 4.74. The van der Waals surface area contributed by atoms with Gasteiger partial charge < -0.3 is 10.1 Å². The van der Waals surface area contributed by atoms with Crippen LogP contribution in [0, 0.1) is 5.92 Å². The first-order valence-corrected chi connectivity index (χ1v) is 9.09. The molecule has 3 nitrogen and oxygen atoms in total. The van der Waals surface area contributed by atoms with Gasteiger partial charge in [-0.1, -0.05) is 31.8 Å². The second kappa shape index (κ2) is 10.8. The molecule has 1 fully saturated rings. The van der Waals surface area contributed by atoms with Crippen molar-refractivity contribution in [1.82, 2.24) is 5.32 Å². The summed E-state index contributed by atoms with van der Waals surface area (Å²) in [5.41, 5.74) is -0.316. The summed E-state index contributed by atoms with van der Waals surface area (Å²) in [6.07, 6.45) is 13.0. The number of hydrogen-bond acceptors (Lipinski definition) is 3. The largest absolute Gasteiger partial charge is 0.459 e. The van der Waals surface area contributed by atoms with E-state index in [1.165, 1.54) is 25.7 Å². The lowest BCUT2D eigenvalue weighted by atomic mass is 9.83. The van der Waals surface area contributed by atoms with Crippen molar-refractivity contribution in [1.29, 1.82) is 0 Å². The van der Waals surface area contributed by atoms with Gasteiger partial charge in [-0.15, -0.1) is 6.58 Å². The quantitative estimate of drug-likeness (QED) is 0.344. The number of rotatable bonds is 11. The molecule has 1 saturated heterocycles. The monoisotopic (exact) mass is 309 g/mol. The van der Waals surface area contributed by atoms with Gasteiger partial charge in [0.15, 0.2) is 0 Å². The second-order valence-corrected chi connectivity index (χ2v) is 7.05. The van der Waals surface area contributed by atoms with Crippen LogP contribution in [0.1, 0.15) is 78.1 Å². The first kappa shape index (κ1) is 19.2. The van der Waals surface area contributed by atoms with Gasteiger partial charge in [0.1, 0.15) is 5.60 Å². The molecule has 0 unspecified atom stereocenters. The zero-order chi connectivity index (χ0) is 16.3. The molecular formula is C19H35NO2. The number of carbonyl (C=O) groups is 1. The predicted molar refractivity (Wildman–Crippen MR) is 92.9 cm³/mol. The van der Waals surface area contributed by atoms with Gasteiger partial charge in [-0.25, -0.2) is 0 Å². The highest BCUT2D eigenvalue weighted by Gasteiger charge is 2.33. The maximum absolute atomic E-state index is 12.0. The molecule has 1 N–H and O–H groups in total. The van der Waals surface area contributed by atoms with Gasteiger partial charge in [0.2, 0.25) is 0 Å². The van der Waals surface area contributed by atoms with E-state index in [2.05, 4.69) is 25.7 Å². The zero-order valence-corrected chi connectivity index (χ0v) is 14.7. The first-order chi connectivity index (χ1) is 10.6. The maximum Gasteiger partial charge on any atom is 0.306 e. The van der Waals surface area contributed by atoms with E-state index in [9.17, 15) is 4.79 Å². The summed E-state index contributed by atoms with van der Waals surface area (Å²) in [5.74, 6) is 0.470. The van der Waals surface area contributed by atoms with Gasteiger partial charge >= 0.3 is 5.97 Å². The molecule has 0 spiro atoms. The summed E-state index contributed by atoms with van der Waals surface area (Å²) < 4.78 is 5.76. The van der Waals surface area contributed by atoms with Crippen LogP contribution in [0.5, 0.6) is 0 Å². The van der Waals surface area contributed by atoms with E-state index in [4.69, 9.17) is 4.74 Å². The fourth-order valence-corrected chi connectivity index (χ4v) is 3.21. The topological polar surface area (TPSA) is 38.3 Å². The highest BCUT2D eigenvalue weighted by molar-refractivity contribution is 5.69. The molecule has 22 heavy (non-hydrogen) atoms. The molecule has 0 amide bonds. The average Bonchev–Trinajstić information content (AvgIpc) is 2.50. The van der Waals surface area contributed by atoms with Crippen molar-refractivity contribution in [3.63, 3.8) is 0 Å². The average molecular weight is 309 g/mol. The van der Waals surface area contributed by atoms with Gasteiger partial charge in [-0.2, -0.15) is 0 Å². The standard InChI is InChI=1S/C19H35NO2/c1-4-5-6-7-8-9-10-11-12-18(21)22-19(2,3)17-13-15-20-16-14-17/h4,17,20H,1,5-16H2,2-3H3.